The molecule has 0 spiro atoms. The van der Waals surface area contributed by atoms with Crippen LogP contribution < -0.4 is 5.32 Å². The highest BCUT2D eigenvalue weighted by atomic mass is 28.4. The summed E-state index contributed by atoms with van der Waals surface area (Å²) in [6.45, 7) is 18.5. The van der Waals surface area contributed by atoms with Crippen molar-refractivity contribution in [3.8, 4) is 0 Å². The molecule has 0 aliphatic carbocycles. The van der Waals surface area contributed by atoms with Crippen LogP contribution in [0, 0.1) is 0 Å². The van der Waals surface area contributed by atoms with Crippen molar-refractivity contribution >= 4 is 26.5 Å². The van der Waals surface area contributed by atoms with Gasteiger partial charge in [-0.3, -0.25) is 4.90 Å². The first-order valence-electron chi connectivity index (χ1n) is 15.6. The van der Waals surface area contributed by atoms with E-state index in [1.165, 1.54) is 0 Å². The molecule has 2 amide bonds. The highest BCUT2D eigenvalue weighted by Gasteiger charge is 2.44. The number of hydrogen-bond acceptors (Lipinski definition) is 8. The van der Waals surface area contributed by atoms with Crippen LogP contribution in [0.3, 0.4) is 0 Å². The lowest BCUT2D eigenvalue weighted by Crippen LogP contribution is -2.60. The van der Waals surface area contributed by atoms with Crippen LogP contribution in [0.5, 0.6) is 0 Å². The number of benzene rings is 2. The van der Waals surface area contributed by atoms with Gasteiger partial charge in [-0.25, -0.2) is 14.4 Å². The molecule has 1 N–H and O–H groups in total. The lowest BCUT2D eigenvalue weighted by atomic mass is 10.1. The summed E-state index contributed by atoms with van der Waals surface area (Å²) in [4.78, 5) is 43.4. The minimum atomic E-state index is -2.43. The molecule has 2 aromatic rings. The molecule has 0 bridgehead atoms. The highest BCUT2D eigenvalue weighted by molar-refractivity contribution is 6.74. The number of esters is 1. The largest absolute Gasteiger partial charge is 0.459 e. The third-order valence-electron chi connectivity index (χ3n) is 8.05. The Balaban J connectivity index is 1.76. The molecule has 1 heterocycles. The van der Waals surface area contributed by atoms with Crippen molar-refractivity contribution < 1.29 is 33.0 Å². The molecule has 0 radical (unpaired) electrons. The second kappa shape index (κ2) is 15.7. The van der Waals surface area contributed by atoms with Crippen LogP contribution in [0.25, 0.3) is 0 Å². The maximum Gasteiger partial charge on any atom is 0.410 e. The fourth-order valence-corrected chi connectivity index (χ4v) is 5.82. The van der Waals surface area contributed by atoms with Gasteiger partial charge in [-0.05, 0) is 50.0 Å². The van der Waals surface area contributed by atoms with E-state index in [1.54, 1.807) is 25.7 Å². The number of alkyl carbamates (subject to hydrolysis) is 1. The van der Waals surface area contributed by atoms with Gasteiger partial charge in [0.15, 0.2) is 14.4 Å². The number of carbonyl (C=O) groups is 3. The average molecular weight is 642 g/mol. The standard InChI is InChI=1S/C34H51N3O7Si/c1-33(2,3)43-31(39)35-29(30(38)41-24-26-15-11-9-12-16-26)28(44-45(7,8)34(4,5)6)23-36-19-21-37(22-20-36)32(40)42-25-27-17-13-10-14-18-27/h9-18,28-29H,19-25H2,1-8H3,(H,35,39)/t28-,29-/m0/s1. The van der Waals surface area contributed by atoms with Crippen LogP contribution in [0.4, 0.5) is 9.59 Å². The molecule has 1 saturated heterocycles. The first-order chi connectivity index (χ1) is 21.0. The maximum absolute atomic E-state index is 13.7. The number of piperazine rings is 1. The molecule has 0 aromatic heterocycles. The number of amides is 2. The van der Waals surface area contributed by atoms with Crippen molar-refractivity contribution in [2.45, 2.75) is 90.6 Å². The van der Waals surface area contributed by atoms with Crippen LogP contribution in [-0.2, 0) is 36.6 Å². The predicted molar refractivity (Wildman–Crippen MR) is 176 cm³/mol. The molecule has 0 unspecified atom stereocenters. The Morgan fingerprint density at radius 1 is 0.800 bits per heavy atom. The van der Waals surface area contributed by atoms with E-state index in [-0.39, 0.29) is 24.3 Å². The summed E-state index contributed by atoms with van der Waals surface area (Å²) in [5.74, 6) is -0.600. The van der Waals surface area contributed by atoms with Crippen LogP contribution >= 0.6 is 0 Å². The van der Waals surface area contributed by atoms with Crippen molar-refractivity contribution in [2.75, 3.05) is 32.7 Å². The summed E-state index contributed by atoms with van der Waals surface area (Å²) in [7, 11) is -2.43. The maximum atomic E-state index is 13.7. The van der Waals surface area contributed by atoms with Crippen LogP contribution in [0.15, 0.2) is 60.7 Å². The van der Waals surface area contributed by atoms with Crippen molar-refractivity contribution in [2.24, 2.45) is 0 Å². The Kier molecular flexibility index (Phi) is 12.6. The van der Waals surface area contributed by atoms with E-state index in [2.05, 4.69) is 44.1 Å². The monoisotopic (exact) mass is 641 g/mol. The molecule has 1 aliphatic heterocycles. The molecule has 2 aromatic carbocycles. The molecule has 11 heteroatoms. The summed E-state index contributed by atoms with van der Waals surface area (Å²) in [5, 5.41) is 2.63. The Hall–Kier alpha value is -3.41. The number of ether oxygens (including phenoxy) is 3. The van der Waals surface area contributed by atoms with E-state index in [1.807, 2.05) is 60.7 Å². The Bertz CT molecular complexity index is 1240. The molecular formula is C34H51N3O7Si. The zero-order valence-electron chi connectivity index (χ0n) is 28.1. The summed E-state index contributed by atoms with van der Waals surface area (Å²) in [6.07, 6.45) is -1.81. The van der Waals surface area contributed by atoms with Gasteiger partial charge >= 0.3 is 18.2 Å². The summed E-state index contributed by atoms with van der Waals surface area (Å²) in [6, 6.07) is 17.8. The molecule has 10 nitrogen and oxygen atoms in total. The topological polar surface area (TPSA) is 107 Å². The van der Waals surface area contributed by atoms with Crippen molar-refractivity contribution in [3.05, 3.63) is 71.8 Å². The van der Waals surface area contributed by atoms with Gasteiger partial charge in [0, 0.05) is 32.7 Å². The van der Waals surface area contributed by atoms with Gasteiger partial charge in [-0.15, -0.1) is 0 Å². The number of hydrogen-bond donors (Lipinski definition) is 1. The van der Waals surface area contributed by atoms with Gasteiger partial charge in [0.05, 0.1) is 6.10 Å². The second-order valence-electron chi connectivity index (χ2n) is 14.0. The molecule has 2 atom stereocenters. The predicted octanol–water partition coefficient (Wildman–Crippen LogP) is 5.97. The lowest BCUT2D eigenvalue weighted by molar-refractivity contribution is -0.150. The van der Waals surface area contributed by atoms with E-state index in [0.717, 1.165) is 11.1 Å². The summed E-state index contributed by atoms with van der Waals surface area (Å²) >= 11 is 0. The smallest absolute Gasteiger partial charge is 0.410 e. The van der Waals surface area contributed by atoms with E-state index in [0.29, 0.717) is 32.7 Å². The van der Waals surface area contributed by atoms with Gasteiger partial charge in [0.2, 0.25) is 0 Å². The Morgan fingerprint density at radius 2 is 1.31 bits per heavy atom. The summed E-state index contributed by atoms with van der Waals surface area (Å²) < 4.78 is 23.7. The van der Waals surface area contributed by atoms with E-state index >= 15 is 0 Å². The Labute approximate surface area is 269 Å². The van der Waals surface area contributed by atoms with Crippen molar-refractivity contribution in [3.63, 3.8) is 0 Å². The zero-order valence-corrected chi connectivity index (χ0v) is 29.1. The molecular weight excluding hydrogens is 590 g/mol. The minimum absolute atomic E-state index is 0.0583. The van der Waals surface area contributed by atoms with Crippen LogP contribution in [0.1, 0.15) is 52.7 Å². The fourth-order valence-electron chi connectivity index (χ4n) is 4.50. The summed E-state index contributed by atoms with van der Waals surface area (Å²) in [5.41, 5.74) is 1.00. The number of carbonyl (C=O) groups excluding carboxylic acids is 3. The Morgan fingerprint density at radius 3 is 1.80 bits per heavy atom. The third-order valence-corrected chi connectivity index (χ3v) is 12.6. The third kappa shape index (κ3) is 11.8. The van der Waals surface area contributed by atoms with E-state index in [9.17, 15) is 14.4 Å². The van der Waals surface area contributed by atoms with Gasteiger partial charge in [0.25, 0.3) is 0 Å². The van der Waals surface area contributed by atoms with Crippen molar-refractivity contribution in [1.82, 2.24) is 15.1 Å². The minimum Gasteiger partial charge on any atom is -0.459 e. The number of nitrogens with zero attached hydrogens (tertiary/aromatic N) is 2. The second-order valence-corrected chi connectivity index (χ2v) is 18.7. The zero-order chi connectivity index (χ0) is 33.3. The lowest BCUT2D eigenvalue weighted by Gasteiger charge is -2.43. The van der Waals surface area contributed by atoms with Gasteiger partial charge < -0.3 is 28.9 Å². The van der Waals surface area contributed by atoms with E-state index < -0.39 is 38.1 Å². The molecule has 45 heavy (non-hydrogen) atoms. The first-order valence-corrected chi connectivity index (χ1v) is 18.5. The quantitative estimate of drug-likeness (QED) is 0.182. The molecule has 1 aliphatic rings. The van der Waals surface area contributed by atoms with Crippen LogP contribution in [-0.4, -0.2) is 86.7 Å². The molecule has 1 fully saturated rings. The number of nitrogens with one attached hydrogen (secondary N) is 1. The molecule has 3 rings (SSSR count). The fraction of sp³-hybridized carbons (Fsp3) is 0.559. The molecule has 248 valence electrons. The van der Waals surface area contributed by atoms with E-state index in [4.69, 9.17) is 18.6 Å². The first kappa shape index (κ1) is 36.1. The van der Waals surface area contributed by atoms with Gasteiger partial charge in [-0.1, -0.05) is 81.4 Å². The van der Waals surface area contributed by atoms with Crippen LogP contribution in [0.2, 0.25) is 18.1 Å². The van der Waals surface area contributed by atoms with Crippen molar-refractivity contribution in [1.29, 1.82) is 0 Å². The van der Waals surface area contributed by atoms with Gasteiger partial charge in [-0.2, -0.15) is 0 Å². The number of rotatable bonds is 11. The molecule has 0 saturated carbocycles. The van der Waals surface area contributed by atoms with Gasteiger partial charge in [0.1, 0.15) is 18.8 Å². The highest BCUT2D eigenvalue weighted by Crippen LogP contribution is 2.38. The average Bonchev–Trinajstić information content (AvgIpc) is 2.97. The SMILES string of the molecule is CC(C)(C)OC(=O)N[C@H](C(=O)OCc1ccccc1)[C@H](CN1CCN(C(=O)OCc2ccccc2)CC1)O[Si](C)(C)C(C)(C)C. The normalized spacial score (nSPS) is 16.0.